The van der Waals surface area contributed by atoms with Gasteiger partial charge in [0.1, 0.15) is 0 Å². The van der Waals surface area contributed by atoms with Gasteiger partial charge in [0, 0.05) is 5.22 Å². The fourth-order valence-electron chi connectivity index (χ4n) is 0.446. The van der Waals surface area contributed by atoms with Gasteiger partial charge in [-0.05, 0) is 0 Å². The third-order valence-electron chi connectivity index (χ3n) is 0.859. The number of hydrogen-bond donors (Lipinski definition) is 1. The molecule has 0 saturated carbocycles. The molecule has 1 aliphatic heterocycles. The van der Waals surface area contributed by atoms with Gasteiger partial charge in [0.25, 0.3) is 0 Å². The Morgan fingerprint density at radius 1 is 1.89 bits per heavy atom. The summed E-state index contributed by atoms with van der Waals surface area (Å²) in [6.45, 7) is 0. The summed E-state index contributed by atoms with van der Waals surface area (Å²) in [4.78, 5) is 10.5. The van der Waals surface area contributed by atoms with Gasteiger partial charge in [0.15, 0.2) is 6.20 Å². The third-order valence-corrected chi connectivity index (χ3v) is 0.859. The van der Waals surface area contributed by atoms with Crippen LogP contribution in [0.5, 0.6) is 0 Å². The Balaban J connectivity index is 2.62. The lowest BCUT2D eigenvalue weighted by molar-refractivity contribution is -0.595. The molecule has 0 atom stereocenters. The van der Waals surface area contributed by atoms with Crippen LogP contribution in [0.15, 0.2) is 22.2 Å². The zero-order chi connectivity index (χ0) is 6.69. The highest BCUT2D eigenvalue weighted by atomic mass is 16.5. The molecule has 0 fully saturated rings. The quantitative estimate of drug-likeness (QED) is 0.361. The number of esters is 1. The summed E-state index contributed by atoms with van der Waals surface area (Å²) in [5, 5.41) is 6.90. The lowest BCUT2D eigenvalue weighted by Gasteiger charge is -1.88. The largest absolute Gasteiger partial charge is 0.464 e. The highest BCUT2D eigenvalue weighted by molar-refractivity contribution is 5.87. The Morgan fingerprint density at radius 3 is 3.11 bits per heavy atom. The Hall–Kier alpha value is -1.23. The second kappa shape index (κ2) is 2.36. The van der Waals surface area contributed by atoms with Crippen molar-refractivity contribution in [3.8, 4) is 0 Å². The maximum atomic E-state index is 10.5. The normalized spacial score (nSPS) is 15.4. The zero-order valence-corrected chi connectivity index (χ0v) is 4.87. The number of nitrogens with two attached hydrogens (primary N) is 1. The minimum Gasteiger partial charge on any atom is -0.464 e. The van der Waals surface area contributed by atoms with E-state index in [2.05, 4.69) is 15.1 Å². The lowest BCUT2D eigenvalue weighted by atomic mass is 10.5. The van der Waals surface area contributed by atoms with Crippen molar-refractivity contribution in [2.24, 2.45) is 10.3 Å². The minimum absolute atomic E-state index is 0.248. The number of hydrogen-bond acceptors (Lipinski definition) is 4. The van der Waals surface area contributed by atoms with Crippen molar-refractivity contribution in [2.75, 3.05) is 7.11 Å². The van der Waals surface area contributed by atoms with Crippen LogP contribution in [0.3, 0.4) is 0 Å². The van der Waals surface area contributed by atoms with Gasteiger partial charge in [-0.3, -0.25) is 0 Å². The predicted molar refractivity (Wildman–Crippen MR) is 26.9 cm³/mol. The van der Waals surface area contributed by atoms with Crippen LogP contribution in [-0.4, -0.2) is 13.1 Å². The van der Waals surface area contributed by atoms with Gasteiger partial charge < -0.3 is 4.74 Å². The summed E-state index contributed by atoms with van der Waals surface area (Å²) in [7, 11) is 1.30. The molecule has 0 amide bonds. The van der Waals surface area contributed by atoms with Gasteiger partial charge in [-0.2, -0.15) is 5.43 Å². The zero-order valence-electron chi connectivity index (χ0n) is 4.87. The first kappa shape index (κ1) is 5.90. The predicted octanol–water partition coefficient (Wildman–Crippen LogP) is -1.05. The maximum Gasteiger partial charge on any atom is 0.364 e. The van der Waals surface area contributed by atoms with Crippen molar-refractivity contribution in [3.05, 3.63) is 11.9 Å². The van der Waals surface area contributed by atoms with Crippen LogP contribution in [0.2, 0.25) is 0 Å². The van der Waals surface area contributed by atoms with Crippen molar-refractivity contribution in [2.45, 2.75) is 0 Å². The number of quaternary nitrogens is 1. The summed E-state index contributed by atoms with van der Waals surface area (Å²) in [5.74, 6) is -0.451. The van der Waals surface area contributed by atoms with Gasteiger partial charge in [0.05, 0.1) is 7.11 Å². The van der Waals surface area contributed by atoms with E-state index in [1.165, 1.54) is 18.7 Å². The van der Waals surface area contributed by atoms with E-state index in [1.54, 1.807) is 0 Å². The van der Waals surface area contributed by atoms with E-state index < -0.39 is 5.97 Å². The van der Waals surface area contributed by atoms with Crippen molar-refractivity contribution < 1.29 is 15.0 Å². The van der Waals surface area contributed by atoms with Gasteiger partial charge >= 0.3 is 5.97 Å². The summed E-state index contributed by atoms with van der Waals surface area (Å²) < 4.78 is 4.35. The number of methoxy groups -OCH3 is 1. The Morgan fingerprint density at radius 2 is 2.67 bits per heavy atom. The van der Waals surface area contributed by atoms with E-state index in [0.717, 1.165) is 0 Å². The van der Waals surface area contributed by atoms with Crippen LogP contribution in [0.1, 0.15) is 0 Å². The number of carbonyl (C=O) groups is 1. The Kier molecular flexibility index (Phi) is 1.55. The first-order chi connectivity index (χ1) is 4.34. The van der Waals surface area contributed by atoms with Crippen LogP contribution in [0.4, 0.5) is 0 Å². The molecule has 0 aromatic heterocycles. The molecule has 1 rings (SSSR count). The van der Waals surface area contributed by atoms with Gasteiger partial charge in [-0.15, -0.1) is 0 Å². The molecule has 2 N–H and O–H groups in total. The lowest BCUT2D eigenvalue weighted by Crippen LogP contribution is -2.69. The first-order valence-electron chi connectivity index (χ1n) is 2.37. The Labute approximate surface area is 51.4 Å². The number of carbonyl (C=O) groups excluding carboxylic acids is 1. The molecule has 0 aromatic rings. The van der Waals surface area contributed by atoms with Gasteiger partial charge in [-0.25, -0.2) is 4.79 Å². The van der Waals surface area contributed by atoms with Crippen molar-refractivity contribution in [1.82, 2.24) is 0 Å². The van der Waals surface area contributed by atoms with Crippen LogP contribution in [-0.2, 0) is 9.53 Å². The molecule has 1 aliphatic rings. The SMILES string of the molecule is COC(=O)C1=C[NH2+]N=N1. The second-order valence-corrected chi connectivity index (χ2v) is 1.41. The smallest absolute Gasteiger partial charge is 0.364 e. The number of rotatable bonds is 1. The van der Waals surface area contributed by atoms with Crippen LogP contribution in [0.25, 0.3) is 0 Å². The molecule has 0 spiro atoms. The van der Waals surface area contributed by atoms with Crippen LogP contribution >= 0.6 is 0 Å². The fraction of sp³-hybridized carbons (Fsp3) is 0.250. The van der Waals surface area contributed by atoms with Gasteiger partial charge in [0.2, 0.25) is 5.70 Å². The third kappa shape index (κ3) is 1.11. The molecule has 1 heterocycles. The first-order valence-corrected chi connectivity index (χ1v) is 2.37. The molecule has 0 saturated heterocycles. The molecule has 0 radical (unpaired) electrons. The van der Waals surface area contributed by atoms with Crippen LogP contribution < -0.4 is 5.43 Å². The number of ether oxygens (including phenoxy) is 1. The second-order valence-electron chi connectivity index (χ2n) is 1.41. The topological polar surface area (TPSA) is 67.6 Å². The monoisotopic (exact) mass is 128 g/mol. The van der Waals surface area contributed by atoms with Gasteiger partial charge in [-0.1, -0.05) is 5.11 Å². The summed E-state index contributed by atoms with van der Waals surface area (Å²) in [6, 6.07) is 0. The highest BCUT2D eigenvalue weighted by Gasteiger charge is 2.14. The molecular weight excluding hydrogens is 122 g/mol. The summed E-state index contributed by atoms with van der Waals surface area (Å²) >= 11 is 0. The molecule has 9 heavy (non-hydrogen) atoms. The molecule has 0 aromatic carbocycles. The van der Waals surface area contributed by atoms with E-state index in [1.807, 2.05) is 0 Å². The number of nitrogens with zero attached hydrogens (tertiary/aromatic N) is 2. The molecule has 0 aliphatic carbocycles. The molecule has 0 bridgehead atoms. The molecule has 48 valence electrons. The average molecular weight is 128 g/mol. The van der Waals surface area contributed by atoms with E-state index in [0.29, 0.717) is 0 Å². The van der Waals surface area contributed by atoms with E-state index in [-0.39, 0.29) is 5.70 Å². The fourth-order valence-corrected chi connectivity index (χ4v) is 0.446. The Bertz CT molecular complexity index is 184. The van der Waals surface area contributed by atoms with Crippen LogP contribution in [0, 0.1) is 0 Å². The molecule has 5 heteroatoms. The van der Waals surface area contributed by atoms with E-state index in [4.69, 9.17) is 0 Å². The molecular formula is C4H6N3O2+. The maximum absolute atomic E-state index is 10.5. The standard InChI is InChI=1S/C4H5N3O2/c1-9-4(8)3-2-5-7-6-3/h2H,1H3,(H,5,6,7)/p+1. The highest BCUT2D eigenvalue weighted by Crippen LogP contribution is 1.98. The molecule has 5 nitrogen and oxygen atoms in total. The average Bonchev–Trinajstić information content (AvgIpc) is 2.37. The molecule has 0 unspecified atom stereocenters. The van der Waals surface area contributed by atoms with Crippen molar-refractivity contribution >= 4 is 5.97 Å². The van der Waals surface area contributed by atoms with Crippen molar-refractivity contribution in [1.29, 1.82) is 0 Å². The summed E-state index contributed by atoms with van der Waals surface area (Å²) in [5.41, 5.74) is 1.68. The van der Waals surface area contributed by atoms with Crippen molar-refractivity contribution in [3.63, 3.8) is 0 Å². The van der Waals surface area contributed by atoms with E-state index in [9.17, 15) is 4.79 Å². The summed E-state index contributed by atoms with van der Waals surface area (Å²) in [6.07, 6.45) is 1.49. The minimum atomic E-state index is -0.451. The van der Waals surface area contributed by atoms with E-state index >= 15 is 0 Å².